The molecule has 1 fully saturated rings. The lowest BCUT2D eigenvalue weighted by Gasteiger charge is -2.20. The molecule has 19 heavy (non-hydrogen) atoms. The quantitative estimate of drug-likeness (QED) is 0.901. The van der Waals surface area contributed by atoms with E-state index in [0.29, 0.717) is 25.1 Å². The van der Waals surface area contributed by atoms with Crippen LogP contribution in [0.15, 0.2) is 22.7 Å². The molecular weight excluding hydrogens is 330 g/mol. The lowest BCUT2D eigenvalue weighted by Crippen LogP contribution is -2.34. The van der Waals surface area contributed by atoms with Crippen LogP contribution in [0, 0.1) is 11.3 Å². The number of benzene rings is 1. The van der Waals surface area contributed by atoms with Crippen molar-refractivity contribution < 1.29 is 8.42 Å². The maximum Gasteiger partial charge on any atom is 0.216 e. The SMILES string of the molecule is CNS(=O)(=O)[C@H]1CCN(c2ccc(Br)cc2C#N)C1. The zero-order valence-corrected chi connectivity index (χ0v) is 12.8. The molecule has 102 valence electrons. The first-order chi connectivity index (χ1) is 8.97. The van der Waals surface area contributed by atoms with Crippen molar-refractivity contribution in [3.8, 4) is 6.07 Å². The first kappa shape index (κ1) is 14.3. The number of nitrogens with one attached hydrogen (secondary N) is 1. The summed E-state index contributed by atoms with van der Waals surface area (Å²) in [7, 11) is -1.82. The van der Waals surface area contributed by atoms with Gasteiger partial charge in [-0.05, 0) is 31.7 Å². The van der Waals surface area contributed by atoms with E-state index in [9.17, 15) is 8.42 Å². The molecule has 0 radical (unpaired) electrons. The normalized spacial score (nSPS) is 19.4. The van der Waals surface area contributed by atoms with Crippen molar-refractivity contribution in [2.75, 3.05) is 25.0 Å². The minimum atomic E-state index is -3.25. The highest BCUT2D eigenvalue weighted by Gasteiger charge is 2.32. The number of nitrogens with zero attached hydrogens (tertiary/aromatic N) is 2. The molecule has 1 saturated heterocycles. The van der Waals surface area contributed by atoms with Crippen molar-refractivity contribution in [2.45, 2.75) is 11.7 Å². The summed E-state index contributed by atoms with van der Waals surface area (Å²) in [5, 5.41) is 8.72. The van der Waals surface area contributed by atoms with Crippen LogP contribution in [0.25, 0.3) is 0 Å². The highest BCUT2D eigenvalue weighted by Crippen LogP contribution is 2.28. The molecule has 0 aliphatic carbocycles. The Kier molecular flexibility index (Phi) is 4.13. The van der Waals surface area contributed by atoms with E-state index in [0.717, 1.165) is 10.2 Å². The van der Waals surface area contributed by atoms with Gasteiger partial charge in [-0.1, -0.05) is 15.9 Å². The Morgan fingerprint density at radius 1 is 1.53 bits per heavy atom. The van der Waals surface area contributed by atoms with Crippen LogP contribution in [0.2, 0.25) is 0 Å². The van der Waals surface area contributed by atoms with Crippen LogP contribution in [0.5, 0.6) is 0 Å². The Morgan fingerprint density at radius 3 is 2.89 bits per heavy atom. The summed E-state index contributed by atoms with van der Waals surface area (Å²) in [6.45, 7) is 1.06. The predicted octanol–water partition coefficient (Wildman–Crippen LogP) is 1.45. The van der Waals surface area contributed by atoms with Crippen molar-refractivity contribution >= 4 is 31.6 Å². The minimum absolute atomic E-state index is 0.416. The summed E-state index contributed by atoms with van der Waals surface area (Å²) < 4.78 is 26.8. The fourth-order valence-electron chi connectivity index (χ4n) is 2.24. The number of halogens is 1. The molecular formula is C12H14BrN3O2S. The largest absolute Gasteiger partial charge is 0.369 e. The van der Waals surface area contributed by atoms with Gasteiger partial charge in [0.1, 0.15) is 6.07 Å². The molecule has 1 aromatic carbocycles. The molecule has 7 heteroatoms. The number of hydrogen-bond acceptors (Lipinski definition) is 4. The summed E-state index contributed by atoms with van der Waals surface area (Å²) >= 11 is 3.32. The number of sulfonamides is 1. The van der Waals surface area contributed by atoms with Gasteiger partial charge in [-0.3, -0.25) is 0 Å². The topological polar surface area (TPSA) is 73.2 Å². The molecule has 0 unspecified atom stereocenters. The van der Waals surface area contributed by atoms with Crippen molar-refractivity contribution in [3.63, 3.8) is 0 Å². The zero-order valence-electron chi connectivity index (χ0n) is 10.4. The Hall–Kier alpha value is -1.10. The summed E-state index contributed by atoms with van der Waals surface area (Å²) in [6, 6.07) is 7.59. The van der Waals surface area contributed by atoms with Gasteiger partial charge in [0, 0.05) is 17.6 Å². The smallest absolute Gasteiger partial charge is 0.216 e. The molecule has 2 rings (SSSR count). The summed E-state index contributed by atoms with van der Waals surface area (Å²) in [4.78, 5) is 1.95. The average molecular weight is 344 g/mol. The van der Waals surface area contributed by atoms with Gasteiger partial charge in [-0.25, -0.2) is 13.1 Å². The van der Waals surface area contributed by atoms with Crippen molar-refractivity contribution in [1.29, 1.82) is 5.26 Å². The van der Waals surface area contributed by atoms with Gasteiger partial charge in [-0.2, -0.15) is 5.26 Å². The lowest BCUT2D eigenvalue weighted by molar-refractivity contribution is 0.575. The van der Waals surface area contributed by atoms with E-state index < -0.39 is 15.3 Å². The second-order valence-electron chi connectivity index (χ2n) is 4.38. The third-order valence-electron chi connectivity index (χ3n) is 3.29. The molecule has 1 atom stereocenters. The van der Waals surface area contributed by atoms with E-state index in [1.807, 2.05) is 17.0 Å². The standard InChI is InChI=1S/C12H14BrN3O2S/c1-15-19(17,18)11-4-5-16(8-11)12-3-2-10(13)6-9(12)7-14/h2-3,6,11,15H,4-5,8H2,1H3/t11-/m0/s1. The first-order valence-corrected chi connectivity index (χ1v) is 8.19. The van der Waals surface area contributed by atoms with E-state index in [4.69, 9.17) is 5.26 Å². The molecule has 0 spiro atoms. The van der Waals surface area contributed by atoms with Gasteiger partial charge in [0.25, 0.3) is 0 Å². The summed E-state index contributed by atoms with van der Waals surface area (Å²) in [5.41, 5.74) is 1.34. The molecule has 0 aromatic heterocycles. The van der Waals surface area contributed by atoms with Crippen LogP contribution in [0.3, 0.4) is 0 Å². The van der Waals surface area contributed by atoms with Crippen LogP contribution in [-0.2, 0) is 10.0 Å². The molecule has 1 aliphatic heterocycles. The van der Waals surface area contributed by atoms with Crippen LogP contribution >= 0.6 is 15.9 Å². The molecule has 1 heterocycles. The summed E-state index contributed by atoms with van der Waals surface area (Å²) in [5.74, 6) is 0. The van der Waals surface area contributed by atoms with Crippen LogP contribution < -0.4 is 9.62 Å². The van der Waals surface area contributed by atoms with Crippen LogP contribution in [0.1, 0.15) is 12.0 Å². The molecule has 5 nitrogen and oxygen atoms in total. The van der Waals surface area contributed by atoms with Crippen molar-refractivity contribution in [3.05, 3.63) is 28.2 Å². The van der Waals surface area contributed by atoms with E-state index >= 15 is 0 Å². The van der Waals surface area contributed by atoms with E-state index in [1.165, 1.54) is 7.05 Å². The van der Waals surface area contributed by atoms with Gasteiger partial charge in [0.05, 0.1) is 16.5 Å². The van der Waals surface area contributed by atoms with E-state index in [-0.39, 0.29) is 0 Å². The molecule has 1 aliphatic rings. The fraction of sp³-hybridized carbons (Fsp3) is 0.417. The van der Waals surface area contributed by atoms with Gasteiger partial charge in [-0.15, -0.1) is 0 Å². The number of anilines is 1. The average Bonchev–Trinajstić information content (AvgIpc) is 2.88. The predicted molar refractivity (Wildman–Crippen MR) is 77.5 cm³/mol. The monoisotopic (exact) mass is 343 g/mol. The Bertz CT molecular complexity index is 624. The minimum Gasteiger partial charge on any atom is -0.369 e. The third kappa shape index (κ3) is 2.91. The fourth-order valence-corrected chi connectivity index (χ4v) is 3.73. The van der Waals surface area contributed by atoms with Crippen LogP contribution in [0.4, 0.5) is 5.69 Å². The molecule has 0 bridgehead atoms. The Balaban J connectivity index is 2.25. The highest BCUT2D eigenvalue weighted by molar-refractivity contribution is 9.10. The van der Waals surface area contributed by atoms with Gasteiger partial charge >= 0.3 is 0 Å². The second-order valence-corrected chi connectivity index (χ2v) is 7.46. The van der Waals surface area contributed by atoms with Gasteiger partial charge in [0.15, 0.2) is 0 Å². The van der Waals surface area contributed by atoms with E-state index in [2.05, 4.69) is 26.7 Å². The molecule has 1 N–H and O–H groups in total. The number of rotatable bonds is 3. The van der Waals surface area contributed by atoms with Gasteiger partial charge in [0.2, 0.25) is 10.0 Å². The number of hydrogen-bond donors (Lipinski definition) is 1. The van der Waals surface area contributed by atoms with Gasteiger partial charge < -0.3 is 4.90 Å². The maximum atomic E-state index is 11.8. The maximum absolute atomic E-state index is 11.8. The van der Waals surface area contributed by atoms with Crippen molar-refractivity contribution in [1.82, 2.24) is 4.72 Å². The molecule has 0 amide bonds. The van der Waals surface area contributed by atoms with Crippen LogP contribution in [-0.4, -0.2) is 33.8 Å². The Morgan fingerprint density at radius 2 is 2.26 bits per heavy atom. The third-order valence-corrected chi connectivity index (χ3v) is 5.61. The first-order valence-electron chi connectivity index (χ1n) is 5.85. The molecule has 0 saturated carbocycles. The van der Waals surface area contributed by atoms with E-state index in [1.54, 1.807) is 6.07 Å². The Labute approximate surface area is 121 Å². The second kappa shape index (κ2) is 5.49. The molecule has 1 aromatic rings. The highest BCUT2D eigenvalue weighted by atomic mass is 79.9. The lowest BCUT2D eigenvalue weighted by atomic mass is 10.2. The van der Waals surface area contributed by atoms with Crippen molar-refractivity contribution in [2.24, 2.45) is 0 Å². The zero-order chi connectivity index (χ0) is 14.0. The number of nitriles is 1. The summed E-state index contributed by atoms with van der Waals surface area (Å²) in [6.07, 6.45) is 0.574.